The predicted octanol–water partition coefficient (Wildman–Crippen LogP) is 3.69. The summed E-state index contributed by atoms with van der Waals surface area (Å²) < 4.78 is 0. The summed E-state index contributed by atoms with van der Waals surface area (Å²) in [7, 11) is 2.32. The van der Waals surface area contributed by atoms with Crippen LogP contribution in [0.4, 0.5) is 0 Å². The van der Waals surface area contributed by atoms with Gasteiger partial charge >= 0.3 is 0 Å². The fourth-order valence-electron chi connectivity index (χ4n) is 2.72. The van der Waals surface area contributed by atoms with E-state index in [1.165, 1.54) is 51.5 Å². The minimum Gasteiger partial charge on any atom is -0.303 e. The Balaban J connectivity index is 2.24. The van der Waals surface area contributed by atoms with Crippen LogP contribution >= 0.6 is 0 Å². The molecule has 0 saturated carbocycles. The fraction of sp³-hybridized carbons (Fsp3) is 1.00. The second kappa shape index (κ2) is 6.44. The van der Waals surface area contributed by atoms with Gasteiger partial charge in [0.05, 0.1) is 0 Å². The smallest absolute Gasteiger partial charge is 0.00923 e. The van der Waals surface area contributed by atoms with Crippen LogP contribution in [0.15, 0.2) is 0 Å². The van der Waals surface area contributed by atoms with Crippen molar-refractivity contribution in [2.24, 2.45) is 5.92 Å². The summed E-state index contributed by atoms with van der Waals surface area (Å²) in [5.74, 6) is 0.994. The van der Waals surface area contributed by atoms with Crippen molar-refractivity contribution in [1.82, 2.24) is 4.90 Å². The number of unbranched alkanes of at least 4 members (excludes halogenated alkanes) is 1. The highest BCUT2D eigenvalue weighted by Crippen LogP contribution is 2.26. The monoisotopic (exact) mass is 197 g/mol. The lowest BCUT2D eigenvalue weighted by atomic mass is 9.88. The van der Waals surface area contributed by atoms with Gasteiger partial charge in [0.25, 0.3) is 0 Å². The van der Waals surface area contributed by atoms with Crippen LogP contribution in [0, 0.1) is 5.92 Å². The average Bonchev–Trinajstić information content (AvgIpc) is 2.19. The van der Waals surface area contributed by atoms with Gasteiger partial charge in [-0.05, 0) is 38.6 Å². The zero-order valence-electron chi connectivity index (χ0n) is 10.3. The Morgan fingerprint density at radius 1 is 1.07 bits per heavy atom. The van der Waals surface area contributed by atoms with Crippen LogP contribution < -0.4 is 0 Å². The summed E-state index contributed by atoms with van der Waals surface area (Å²) in [6.07, 6.45) is 9.91. The Morgan fingerprint density at radius 2 is 1.86 bits per heavy atom. The molecule has 0 radical (unpaired) electrons. The standard InChI is InChI=1S/C13H27N/c1-4-6-8-12-9-10-13(7-5-2)14(3)11-12/h12-13H,4-11H2,1-3H3. The average molecular weight is 197 g/mol. The normalized spacial score (nSPS) is 29.4. The maximum atomic E-state index is 2.60. The van der Waals surface area contributed by atoms with Gasteiger partial charge in [0.1, 0.15) is 0 Å². The number of hydrogen-bond donors (Lipinski definition) is 0. The molecule has 0 amide bonds. The van der Waals surface area contributed by atoms with Crippen molar-refractivity contribution >= 4 is 0 Å². The summed E-state index contributed by atoms with van der Waals surface area (Å²) in [6.45, 7) is 5.95. The Morgan fingerprint density at radius 3 is 2.43 bits per heavy atom. The summed E-state index contributed by atoms with van der Waals surface area (Å²) >= 11 is 0. The first-order chi connectivity index (χ1) is 6.77. The third-order valence-electron chi connectivity index (χ3n) is 3.67. The summed E-state index contributed by atoms with van der Waals surface area (Å²) in [5.41, 5.74) is 0. The van der Waals surface area contributed by atoms with Crippen molar-refractivity contribution in [3.8, 4) is 0 Å². The summed E-state index contributed by atoms with van der Waals surface area (Å²) in [5, 5.41) is 0. The van der Waals surface area contributed by atoms with Crippen LogP contribution in [-0.2, 0) is 0 Å². The van der Waals surface area contributed by atoms with Crippen molar-refractivity contribution in [2.75, 3.05) is 13.6 Å². The van der Waals surface area contributed by atoms with E-state index in [0.717, 1.165) is 12.0 Å². The molecule has 2 unspecified atom stereocenters. The Labute approximate surface area is 89.9 Å². The molecule has 1 heterocycles. The van der Waals surface area contributed by atoms with E-state index in [2.05, 4.69) is 25.8 Å². The molecule has 0 N–H and O–H groups in total. The highest BCUT2D eigenvalue weighted by molar-refractivity contribution is 4.79. The molecular weight excluding hydrogens is 170 g/mol. The van der Waals surface area contributed by atoms with Crippen LogP contribution in [0.5, 0.6) is 0 Å². The van der Waals surface area contributed by atoms with Crippen LogP contribution in [0.3, 0.4) is 0 Å². The molecule has 84 valence electrons. The Bertz CT molecular complexity index is 144. The predicted molar refractivity (Wildman–Crippen MR) is 63.6 cm³/mol. The van der Waals surface area contributed by atoms with Gasteiger partial charge in [0, 0.05) is 12.6 Å². The number of likely N-dealkylation sites (tertiary alicyclic amines) is 1. The quantitative estimate of drug-likeness (QED) is 0.650. The van der Waals surface area contributed by atoms with Gasteiger partial charge < -0.3 is 4.90 Å². The first kappa shape index (κ1) is 12.0. The lowest BCUT2D eigenvalue weighted by molar-refractivity contribution is 0.124. The van der Waals surface area contributed by atoms with E-state index < -0.39 is 0 Å². The van der Waals surface area contributed by atoms with Gasteiger partial charge in [-0.2, -0.15) is 0 Å². The minimum absolute atomic E-state index is 0.887. The molecule has 1 fully saturated rings. The highest BCUT2D eigenvalue weighted by atomic mass is 15.1. The molecule has 14 heavy (non-hydrogen) atoms. The van der Waals surface area contributed by atoms with E-state index in [1.54, 1.807) is 0 Å². The molecule has 0 aromatic carbocycles. The van der Waals surface area contributed by atoms with Gasteiger partial charge in [-0.15, -0.1) is 0 Å². The molecule has 1 heteroatoms. The molecule has 1 saturated heterocycles. The number of hydrogen-bond acceptors (Lipinski definition) is 1. The maximum Gasteiger partial charge on any atom is 0.00923 e. The van der Waals surface area contributed by atoms with Crippen molar-refractivity contribution in [2.45, 2.75) is 64.8 Å². The SMILES string of the molecule is CCCCC1CCC(CCC)N(C)C1. The Kier molecular flexibility index (Phi) is 5.54. The molecule has 2 atom stereocenters. The van der Waals surface area contributed by atoms with E-state index in [9.17, 15) is 0 Å². The zero-order valence-corrected chi connectivity index (χ0v) is 10.3. The van der Waals surface area contributed by atoms with E-state index in [4.69, 9.17) is 0 Å². The van der Waals surface area contributed by atoms with Crippen LogP contribution in [0.2, 0.25) is 0 Å². The number of rotatable bonds is 5. The molecule has 0 aliphatic carbocycles. The molecule has 0 spiro atoms. The zero-order chi connectivity index (χ0) is 10.4. The van der Waals surface area contributed by atoms with Crippen molar-refractivity contribution in [3.63, 3.8) is 0 Å². The highest BCUT2D eigenvalue weighted by Gasteiger charge is 2.24. The Hall–Kier alpha value is -0.0400. The van der Waals surface area contributed by atoms with Crippen LogP contribution in [0.25, 0.3) is 0 Å². The second-order valence-electron chi connectivity index (χ2n) is 4.97. The molecule has 1 aliphatic heterocycles. The van der Waals surface area contributed by atoms with Gasteiger partial charge in [-0.1, -0.05) is 33.1 Å². The van der Waals surface area contributed by atoms with E-state index >= 15 is 0 Å². The maximum absolute atomic E-state index is 2.60. The van der Waals surface area contributed by atoms with E-state index in [1.807, 2.05) is 0 Å². The van der Waals surface area contributed by atoms with Crippen LogP contribution in [-0.4, -0.2) is 24.5 Å². The lowest BCUT2D eigenvalue weighted by Gasteiger charge is -2.37. The van der Waals surface area contributed by atoms with Crippen molar-refractivity contribution < 1.29 is 0 Å². The van der Waals surface area contributed by atoms with Crippen molar-refractivity contribution in [1.29, 1.82) is 0 Å². The molecule has 1 aliphatic rings. The van der Waals surface area contributed by atoms with Crippen LogP contribution in [0.1, 0.15) is 58.8 Å². The molecule has 1 nitrogen and oxygen atoms in total. The number of piperidine rings is 1. The first-order valence-corrected chi connectivity index (χ1v) is 6.48. The van der Waals surface area contributed by atoms with E-state index in [-0.39, 0.29) is 0 Å². The van der Waals surface area contributed by atoms with Crippen molar-refractivity contribution in [3.05, 3.63) is 0 Å². The van der Waals surface area contributed by atoms with Gasteiger partial charge in [-0.25, -0.2) is 0 Å². The van der Waals surface area contributed by atoms with Gasteiger partial charge in [0.2, 0.25) is 0 Å². The molecule has 1 rings (SSSR count). The van der Waals surface area contributed by atoms with E-state index in [0.29, 0.717) is 0 Å². The largest absolute Gasteiger partial charge is 0.303 e. The summed E-state index contributed by atoms with van der Waals surface area (Å²) in [6, 6.07) is 0.887. The molecule has 0 bridgehead atoms. The second-order valence-corrected chi connectivity index (χ2v) is 4.97. The number of nitrogens with zero attached hydrogens (tertiary/aromatic N) is 1. The topological polar surface area (TPSA) is 3.24 Å². The molecule has 0 aromatic rings. The fourth-order valence-corrected chi connectivity index (χ4v) is 2.72. The first-order valence-electron chi connectivity index (χ1n) is 6.48. The van der Waals surface area contributed by atoms with Gasteiger partial charge in [-0.3, -0.25) is 0 Å². The molecular formula is C13H27N. The lowest BCUT2D eigenvalue weighted by Crippen LogP contribution is -2.40. The third kappa shape index (κ3) is 3.61. The van der Waals surface area contributed by atoms with Gasteiger partial charge in [0.15, 0.2) is 0 Å². The molecule has 0 aromatic heterocycles. The minimum atomic E-state index is 0.887. The summed E-state index contributed by atoms with van der Waals surface area (Å²) in [4.78, 5) is 2.60. The third-order valence-corrected chi connectivity index (χ3v) is 3.67.